The summed E-state index contributed by atoms with van der Waals surface area (Å²) in [6, 6.07) is 14.9. The molecule has 4 rings (SSSR count). The summed E-state index contributed by atoms with van der Waals surface area (Å²) >= 11 is 3.48. The standard InChI is InChI=1S/C23H20BrN5O3/c1-2-3-5-15-7-9-16(10-8-15)28-22-21(29(30)31)23(27-14-26-22)32-19-12-11-18(24)17-6-4-13-25-20(17)19/h4,6-14H,2-3,5H2,1H3,(H,26,27,28). The first kappa shape index (κ1) is 21.6. The fraction of sp³-hybridized carbons (Fsp3) is 0.174. The van der Waals surface area contributed by atoms with E-state index in [2.05, 4.69) is 43.1 Å². The van der Waals surface area contributed by atoms with Gasteiger partial charge in [0, 0.05) is 21.7 Å². The van der Waals surface area contributed by atoms with Gasteiger partial charge in [0.1, 0.15) is 11.8 Å². The number of fused-ring (bicyclic) bond motifs is 1. The molecule has 0 amide bonds. The molecule has 0 atom stereocenters. The average molecular weight is 494 g/mol. The summed E-state index contributed by atoms with van der Waals surface area (Å²) in [6.07, 6.45) is 6.10. The van der Waals surface area contributed by atoms with E-state index in [1.165, 1.54) is 11.9 Å². The number of nitrogens with zero attached hydrogens (tertiary/aromatic N) is 4. The first-order chi connectivity index (χ1) is 15.6. The van der Waals surface area contributed by atoms with Gasteiger partial charge in [0.05, 0.1) is 4.92 Å². The number of pyridine rings is 1. The summed E-state index contributed by atoms with van der Waals surface area (Å²) in [6.45, 7) is 2.15. The van der Waals surface area contributed by atoms with E-state index in [0.717, 1.165) is 29.1 Å². The molecule has 32 heavy (non-hydrogen) atoms. The van der Waals surface area contributed by atoms with Crippen molar-refractivity contribution in [2.24, 2.45) is 0 Å². The Hall–Kier alpha value is -3.59. The highest BCUT2D eigenvalue weighted by atomic mass is 79.9. The second-order valence-corrected chi connectivity index (χ2v) is 7.96. The van der Waals surface area contributed by atoms with Crippen molar-refractivity contribution in [3.05, 3.63) is 81.2 Å². The molecule has 2 aromatic heterocycles. The van der Waals surface area contributed by atoms with Crippen LogP contribution in [0.15, 0.2) is 65.5 Å². The molecule has 0 saturated carbocycles. The van der Waals surface area contributed by atoms with E-state index in [-0.39, 0.29) is 17.4 Å². The van der Waals surface area contributed by atoms with Gasteiger partial charge in [-0.2, -0.15) is 4.98 Å². The molecule has 0 radical (unpaired) electrons. The second kappa shape index (κ2) is 9.69. The zero-order valence-electron chi connectivity index (χ0n) is 17.3. The van der Waals surface area contributed by atoms with Crippen molar-refractivity contribution in [3.8, 4) is 11.6 Å². The molecule has 0 bridgehead atoms. The zero-order valence-corrected chi connectivity index (χ0v) is 18.9. The molecule has 0 saturated heterocycles. The molecule has 0 aliphatic rings. The number of aryl methyl sites for hydroxylation is 1. The largest absolute Gasteiger partial charge is 0.431 e. The number of halogens is 1. The van der Waals surface area contributed by atoms with Crippen LogP contribution in [-0.4, -0.2) is 19.9 Å². The van der Waals surface area contributed by atoms with Gasteiger partial charge in [-0.1, -0.05) is 47.5 Å². The molecule has 4 aromatic rings. The Balaban J connectivity index is 1.66. The number of benzene rings is 2. The van der Waals surface area contributed by atoms with Crippen LogP contribution in [0, 0.1) is 10.1 Å². The molecule has 0 aliphatic heterocycles. The monoisotopic (exact) mass is 493 g/mol. The van der Waals surface area contributed by atoms with E-state index in [9.17, 15) is 10.1 Å². The van der Waals surface area contributed by atoms with Gasteiger partial charge < -0.3 is 10.1 Å². The number of hydrogen-bond acceptors (Lipinski definition) is 7. The highest BCUT2D eigenvalue weighted by Crippen LogP contribution is 2.38. The van der Waals surface area contributed by atoms with Crippen LogP contribution in [0.4, 0.5) is 17.2 Å². The van der Waals surface area contributed by atoms with Crippen molar-refractivity contribution < 1.29 is 9.66 Å². The van der Waals surface area contributed by atoms with Gasteiger partial charge in [0.25, 0.3) is 0 Å². The Morgan fingerprint density at radius 2 is 1.91 bits per heavy atom. The molecule has 0 fully saturated rings. The third-order valence-electron chi connectivity index (χ3n) is 4.89. The smallest absolute Gasteiger partial charge is 0.373 e. The van der Waals surface area contributed by atoms with Gasteiger partial charge in [-0.15, -0.1) is 0 Å². The van der Waals surface area contributed by atoms with Gasteiger partial charge in [-0.25, -0.2) is 4.98 Å². The SMILES string of the molecule is CCCCc1ccc(Nc2ncnc(Oc3ccc(Br)c4cccnc34)c2[N+](=O)[O-])cc1. The average Bonchev–Trinajstić information content (AvgIpc) is 2.80. The lowest BCUT2D eigenvalue weighted by Crippen LogP contribution is -2.04. The molecule has 9 heteroatoms. The maximum atomic E-state index is 11.9. The van der Waals surface area contributed by atoms with E-state index in [1.54, 1.807) is 24.4 Å². The third-order valence-corrected chi connectivity index (χ3v) is 5.58. The molecule has 2 heterocycles. The molecule has 0 unspecified atom stereocenters. The van der Waals surface area contributed by atoms with Crippen molar-refractivity contribution in [2.75, 3.05) is 5.32 Å². The van der Waals surface area contributed by atoms with E-state index < -0.39 is 4.92 Å². The van der Waals surface area contributed by atoms with Crippen LogP contribution in [0.25, 0.3) is 10.9 Å². The molecule has 162 valence electrons. The molecule has 0 aliphatic carbocycles. The lowest BCUT2D eigenvalue weighted by Gasteiger charge is -2.11. The molecule has 0 spiro atoms. The van der Waals surface area contributed by atoms with Crippen LogP contribution in [0.1, 0.15) is 25.3 Å². The van der Waals surface area contributed by atoms with Gasteiger partial charge in [0.2, 0.25) is 5.82 Å². The van der Waals surface area contributed by atoms with Gasteiger partial charge in [0.15, 0.2) is 5.75 Å². The first-order valence-corrected chi connectivity index (χ1v) is 10.9. The maximum Gasteiger partial charge on any atom is 0.373 e. The molecular weight excluding hydrogens is 474 g/mol. The minimum Gasteiger partial charge on any atom is -0.431 e. The van der Waals surface area contributed by atoms with Crippen LogP contribution in [0.2, 0.25) is 0 Å². The Morgan fingerprint density at radius 1 is 1.09 bits per heavy atom. The van der Waals surface area contributed by atoms with E-state index in [1.807, 2.05) is 30.3 Å². The predicted octanol–water partition coefficient (Wildman–Crippen LogP) is 6.57. The van der Waals surface area contributed by atoms with E-state index in [4.69, 9.17) is 4.74 Å². The Bertz CT molecular complexity index is 1260. The fourth-order valence-electron chi connectivity index (χ4n) is 3.26. The van der Waals surface area contributed by atoms with Gasteiger partial charge in [-0.3, -0.25) is 15.1 Å². The lowest BCUT2D eigenvalue weighted by molar-refractivity contribution is -0.385. The number of hydrogen-bond donors (Lipinski definition) is 1. The normalized spacial score (nSPS) is 10.8. The zero-order chi connectivity index (χ0) is 22.5. The van der Waals surface area contributed by atoms with Crippen molar-refractivity contribution in [2.45, 2.75) is 26.2 Å². The van der Waals surface area contributed by atoms with Crippen molar-refractivity contribution in [1.82, 2.24) is 15.0 Å². The number of ether oxygens (including phenoxy) is 1. The van der Waals surface area contributed by atoms with Crippen LogP contribution in [0.3, 0.4) is 0 Å². The van der Waals surface area contributed by atoms with Crippen LogP contribution in [-0.2, 0) is 6.42 Å². The third kappa shape index (κ3) is 4.67. The molecular formula is C23H20BrN5O3. The van der Waals surface area contributed by atoms with Crippen LogP contribution < -0.4 is 10.1 Å². The fourth-order valence-corrected chi connectivity index (χ4v) is 3.72. The second-order valence-electron chi connectivity index (χ2n) is 7.11. The summed E-state index contributed by atoms with van der Waals surface area (Å²) in [5.41, 5.74) is 2.11. The number of nitrogens with one attached hydrogen (secondary N) is 1. The molecule has 8 nitrogen and oxygen atoms in total. The summed E-state index contributed by atoms with van der Waals surface area (Å²) in [7, 11) is 0. The Morgan fingerprint density at radius 3 is 2.66 bits per heavy atom. The maximum absolute atomic E-state index is 11.9. The topological polar surface area (TPSA) is 103 Å². The summed E-state index contributed by atoms with van der Waals surface area (Å²) < 4.78 is 6.71. The van der Waals surface area contributed by atoms with E-state index in [0.29, 0.717) is 17.0 Å². The van der Waals surface area contributed by atoms with Crippen molar-refractivity contribution in [3.63, 3.8) is 0 Å². The lowest BCUT2D eigenvalue weighted by atomic mass is 10.1. The number of rotatable bonds is 8. The number of anilines is 2. The number of unbranched alkanes of at least 4 members (excludes halogenated alkanes) is 1. The Labute approximate surface area is 193 Å². The van der Waals surface area contributed by atoms with Gasteiger partial charge in [-0.05, 0) is 48.7 Å². The summed E-state index contributed by atoms with van der Waals surface area (Å²) in [5.74, 6) is 0.244. The highest BCUT2D eigenvalue weighted by molar-refractivity contribution is 9.10. The van der Waals surface area contributed by atoms with Gasteiger partial charge >= 0.3 is 11.6 Å². The molecule has 2 aromatic carbocycles. The van der Waals surface area contributed by atoms with Crippen molar-refractivity contribution in [1.29, 1.82) is 0 Å². The first-order valence-electron chi connectivity index (χ1n) is 10.1. The highest BCUT2D eigenvalue weighted by Gasteiger charge is 2.26. The van der Waals surface area contributed by atoms with Crippen molar-refractivity contribution >= 4 is 44.0 Å². The number of aromatic nitrogens is 3. The van der Waals surface area contributed by atoms with Crippen LogP contribution in [0.5, 0.6) is 11.6 Å². The molecule has 1 N–H and O–H groups in total. The minimum atomic E-state index is -0.554. The minimum absolute atomic E-state index is 0.0516. The quantitative estimate of drug-likeness (QED) is 0.218. The summed E-state index contributed by atoms with van der Waals surface area (Å²) in [4.78, 5) is 23.8. The van der Waals surface area contributed by atoms with Crippen LogP contribution >= 0.6 is 15.9 Å². The number of nitro groups is 1. The van der Waals surface area contributed by atoms with E-state index >= 15 is 0 Å². The Kier molecular flexibility index (Phi) is 6.55. The predicted molar refractivity (Wildman–Crippen MR) is 127 cm³/mol. The summed E-state index contributed by atoms with van der Waals surface area (Å²) in [5, 5.41) is 15.7.